The van der Waals surface area contributed by atoms with Gasteiger partial charge in [-0.1, -0.05) is 0 Å². The number of aromatic amines is 1. The molecule has 5 nitrogen and oxygen atoms in total. The Hall–Kier alpha value is -2.00. The van der Waals surface area contributed by atoms with Gasteiger partial charge in [-0.2, -0.15) is 4.31 Å². The van der Waals surface area contributed by atoms with Gasteiger partial charge in [0, 0.05) is 18.4 Å². The van der Waals surface area contributed by atoms with Crippen LogP contribution in [0.4, 0.5) is 13.2 Å². The zero-order valence-corrected chi connectivity index (χ0v) is 13.3. The first-order valence-electron chi connectivity index (χ1n) is 7.28. The van der Waals surface area contributed by atoms with E-state index >= 15 is 0 Å². The lowest BCUT2D eigenvalue weighted by Crippen LogP contribution is -2.30. The van der Waals surface area contributed by atoms with Gasteiger partial charge in [0.15, 0.2) is 0 Å². The number of H-pyrrole nitrogens is 1. The van der Waals surface area contributed by atoms with Crippen LogP contribution in [0, 0.1) is 0 Å². The lowest BCUT2D eigenvalue weighted by atomic mass is 10.2. The van der Waals surface area contributed by atoms with Gasteiger partial charge >= 0.3 is 6.36 Å². The number of sulfonamides is 1. The van der Waals surface area contributed by atoms with Crippen LogP contribution in [0.2, 0.25) is 0 Å². The molecule has 0 radical (unpaired) electrons. The summed E-state index contributed by atoms with van der Waals surface area (Å²) in [5, 5.41) is 0. The van der Waals surface area contributed by atoms with Crippen LogP contribution < -0.4 is 4.74 Å². The number of hydrogen-bond donors (Lipinski definition) is 1. The summed E-state index contributed by atoms with van der Waals surface area (Å²) >= 11 is 0. The maximum atomic E-state index is 12.8. The molecule has 130 valence electrons. The molecule has 1 aliphatic rings. The summed E-state index contributed by atoms with van der Waals surface area (Å²) in [6.07, 6.45) is -1.68. The molecule has 1 aromatic heterocycles. The van der Waals surface area contributed by atoms with E-state index in [0.29, 0.717) is 13.0 Å². The van der Waals surface area contributed by atoms with Crippen LogP contribution in [-0.4, -0.2) is 30.6 Å². The first kappa shape index (κ1) is 16.8. The Balaban J connectivity index is 1.85. The third-order valence-corrected chi connectivity index (χ3v) is 5.77. The van der Waals surface area contributed by atoms with E-state index in [-0.39, 0.29) is 10.9 Å². The van der Waals surface area contributed by atoms with E-state index in [1.54, 1.807) is 12.3 Å². The summed E-state index contributed by atoms with van der Waals surface area (Å²) in [5.41, 5.74) is 0.799. The van der Waals surface area contributed by atoms with Gasteiger partial charge in [0.25, 0.3) is 0 Å². The highest BCUT2D eigenvalue weighted by Crippen LogP contribution is 2.36. The SMILES string of the molecule is O=S(=O)(c1ccc(OC(F)(F)F)cc1)N1CCC[C@@H]1c1ccc[nH]1. The molecule has 1 atom stereocenters. The van der Waals surface area contributed by atoms with Gasteiger partial charge in [-0.3, -0.25) is 0 Å². The van der Waals surface area contributed by atoms with Crippen molar-refractivity contribution in [1.29, 1.82) is 0 Å². The van der Waals surface area contributed by atoms with Crippen molar-refractivity contribution in [3.05, 3.63) is 48.3 Å². The summed E-state index contributed by atoms with van der Waals surface area (Å²) in [7, 11) is -3.80. The smallest absolute Gasteiger partial charge is 0.406 e. The van der Waals surface area contributed by atoms with E-state index in [1.807, 2.05) is 6.07 Å². The van der Waals surface area contributed by atoms with Gasteiger partial charge in [-0.25, -0.2) is 8.42 Å². The van der Waals surface area contributed by atoms with Crippen molar-refractivity contribution >= 4 is 10.0 Å². The average molecular weight is 360 g/mol. The Bertz CT molecular complexity index is 786. The second-order valence-electron chi connectivity index (χ2n) is 5.42. The minimum absolute atomic E-state index is 0.0597. The predicted molar refractivity (Wildman–Crippen MR) is 79.8 cm³/mol. The van der Waals surface area contributed by atoms with E-state index < -0.39 is 22.1 Å². The molecule has 9 heteroatoms. The van der Waals surface area contributed by atoms with Crippen molar-refractivity contribution in [2.45, 2.75) is 30.1 Å². The quantitative estimate of drug-likeness (QED) is 0.909. The Labute approximate surface area is 137 Å². The van der Waals surface area contributed by atoms with Crippen LogP contribution in [0.25, 0.3) is 0 Å². The van der Waals surface area contributed by atoms with E-state index in [1.165, 1.54) is 4.31 Å². The second-order valence-corrected chi connectivity index (χ2v) is 7.31. The minimum atomic E-state index is -4.81. The number of ether oxygens (including phenoxy) is 1. The molecule has 2 heterocycles. The fourth-order valence-corrected chi connectivity index (χ4v) is 4.51. The van der Waals surface area contributed by atoms with E-state index in [0.717, 1.165) is 36.4 Å². The van der Waals surface area contributed by atoms with Crippen LogP contribution in [0.5, 0.6) is 5.75 Å². The van der Waals surface area contributed by atoms with Gasteiger partial charge in [0.1, 0.15) is 5.75 Å². The first-order valence-corrected chi connectivity index (χ1v) is 8.72. The van der Waals surface area contributed by atoms with Crippen LogP contribution in [0.3, 0.4) is 0 Å². The molecule has 24 heavy (non-hydrogen) atoms. The molecule has 1 aromatic carbocycles. The molecule has 1 N–H and O–H groups in total. The molecule has 0 unspecified atom stereocenters. The molecular weight excluding hydrogens is 345 g/mol. The third kappa shape index (κ3) is 3.41. The summed E-state index contributed by atoms with van der Waals surface area (Å²) in [5.74, 6) is -0.455. The van der Waals surface area contributed by atoms with Gasteiger partial charge < -0.3 is 9.72 Å². The molecule has 0 aliphatic carbocycles. The predicted octanol–water partition coefficient (Wildman–Crippen LogP) is 3.44. The number of hydrogen-bond acceptors (Lipinski definition) is 3. The van der Waals surface area contributed by atoms with Crippen molar-refractivity contribution in [3.8, 4) is 5.75 Å². The maximum Gasteiger partial charge on any atom is 0.573 e. The standard InChI is InChI=1S/C15H15F3N2O3S/c16-15(17,18)23-11-5-7-12(8-6-11)24(21,22)20-10-2-4-14(20)13-3-1-9-19-13/h1,3,5-9,14,19H,2,4,10H2/t14-/m1/s1. The lowest BCUT2D eigenvalue weighted by Gasteiger charge is -2.23. The molecule has 1 saturated heterocycles. The Morgan fingerprint density at radius 3 is 2.46 bits per heavy atom. The molecule has 0 bridgehead atoms. The van der Waals surface area contributed by atoms with Crippen molar-refractivity contribution in [2.24, 2.45) is 0 Å². The van der Waals surface area contributed by atoms with Crippen LogP contribution >= 0.6 is 0 Å². The minimum Gasteiger partial charge on any atom is -0.406 e. The zero-order valence-electron chi connectivity index (χ0n) is 12.5. The van der Waals surface area contributed by atoms with Crippen LogP contribution in [0.15, 0.2) is 47.5 Å². The number of halogens is 3. The largest absolute Gasteiger partial charge is 0.573 e. The van der Waals surface area contributed by atoms with Crippen molar-refractivity contribution in [2.75, 3.05) is 6.54 Å². The van der Waals surface area contributed by atoms with Gasteiger partial charge in [-0.05, 0) is 49.2 Å². The highest BCUT2D eigenvalue weighted by Gasteiger charge is 2.37. The highest BCUT2D eigenvalue weighted by atomic mass is 32.2. The first-order chi connectivity index (χ1) is 11.3. The third-order valence-electron chi connectivity index (χ3n) is 3.85. The monoisotopic (exact) mass is 360 g/mol. The summed E-state index contributed by atoms with van der Waals surface area (Å²) in [4.78, 5) is 2.96. The number of aromatic nitrogens is 1. The second kappa shape index (κ2) is 6.14. The van der Waals surface area contributed by atoms with Crippen LogP contribution in [0.1, 0.15) is 24.6 Å². The molecule has 0 amide bonds. The molecule has 3 rings (SSSR count). The molecule has 1 aliphatic heterocycles. The average Bonchev–Trinajstić information content (AvgIpc) is 3.17. The number of alkyl halides is 3. The van der Waals surface area contributed by atoms with E-state index in [9.17, 15) is 21.6 Å². The lowest BCUT2D eigenvalue weighted by molar-refractivity contribution is -0.274. The van der Waals surface area contributed by atoms with Crippen molar-refractivity contribution < 1.29 is 26.3 Å². The Morgan fingerprint density at radius 2 is 1.88 bits per heavy atom. The highest BCUT2D eigenvalue weighted by molar-refractivity contribution is 7.89. The van der Waals surface area contributed by atoms with Gasteiger partial charge in [0.2, 0.25) is 10.0 Å². The molecule has 1 fully saturated rings. The van der Waals surface area contributed by atoms with Crippen molar-refractivity contribution in [3.63, 3.8) is 0 Å². The Morgan fingerprint density at radius 1 is 1.17 bits per heavy atom. The maximum absolute atomic E-state index is 12.8. The van der Waals surface area contributed by atoms with E-state index in [4.69, 9.17) is 0 Å². The molecule has 0 saturated carbocycles. The summed E-state index contributed by atoms with van der Waals surface area (Å²) < 4.78 is 67.2. The van der Waals surface area contributed by atoms with E-state index in [2.05, 4.69) is 9.72 Å². The van der Waals surface area contributed by atoms with Gasteiger partial charge in [0.05, 0.1) is 10.9 Å². The topological polar surface area (TPSA) is 62.4 Å². The van der Waals surface area contributed by atoms with Crippen molar-refractivity contribution in [1.82, 2.24) is 9.29 Å². The number of nitrogens with one attached hydrogen (secondary N) is 1. The fourth-order valence-electron chi connectivity index (χ4n) is 2.84. The number of benzene rings is 1. The van der Waals surface area contributed by atoms with Gasteiger partial charge in [-0.15, -0.1) is 13.2 Å². The normalized spacial score (nSPS) is 19.5. The molecule has 2 aromatic rings. The molecule has 0 spiro atoms. The number of rotatable bonds is 4. The fraction of sp³-hybridized carbons (Fsp3) is 0.333. The Kier molecular flexibility index (Phi) is 4.31. The zero-order chi connectivity index (χ0) is 17.4. The molecular formula is C15H15F3N2O3S. The van der Waals surface area contributed by atoms with Crippen LogP contribution in [-0.2, 0) is 10.0 Å². The summed E-state index contributed by atoms with van der Waals surface area (Å²) in [6.45, 7) is 0.368. The number of nitrogens with zero attached hydrogens (tertiary/aromatic N) is 1. The summed E-state index contributed by atoms with van der Waals surface area (Å²) in [6, 6.07) is 7.57.